The summed E-state index contributed by atoms with van der Waals surface area (Å²) in [7, 11) is 1.76. The van der Waals surface area contributed by atoms with Crippen molar-refractivity contribution in [2.75, 3.05) is 11.9 Å². The second kappa shape index (κ2) is 7.13. The molecule has 1 aromatic carbocycles. The number of phenolic OH excluding ortho intramolecular Hbond substituents is 1. The van der Waals surface area contributed by atoms with Crippen molar-refractivity contribution in [1.29, 1.82) is 0 Å². The zero-order valence-corrected chi connectivity index (χ0v) is 16.0. The lowest BCUT2D eigenvalue weighted by Crippen LogP contribution is -2.56. The van der Waals surface area contributed by atoms with E-state index < -0.39 is 12.0 Å². The van der Waals surface area contributed by atoms with Crippen LogP contribution in [0.4, 0.5) is 14.7 Å². The summed E-state index contributed by atoms with van der Waals surface area (Å²) in [6.45, 7) is 0. The second-order valence-corrected chi connectivity index (χ2v) is 7.49. The third-order valence-corrected chi connectivity index (χ3v) is 5.60. The molecule has 154 valence electrons. The number of nitrogens with one attached hydrogen (secondary N) is 1. The number of phenols is 1. The lowest BCUT2D eigenvalue weighted by atomic mass is 9.96. The average Bonchev–Trinajstić information content (AvgIpc) is 3.37. The first-order valence-electron chi connectivity index (χ1n) is 9.54. The fraction of sp³-hybridized carbons (Fsp3) is 0.300. The molecule has 0 spiro atoms. The largest absolute Gasteiger partial charge is 0.507 e. The van der Waals surface area contributed by atoms with E-state index in [1.807, 2.05) is 12.2 Å². The Morgan fingerprint density at radius 1 is 1.23 bits per heavy atom. The monoisotopic (exact) mass is 411 g/mol. The van der Waals surface area contributed by atoms with Crippen molar-refractivity contribution in [2.45, 2.75) is 30.7 Å². The molecule has 2 N–H and O–H groups in total. The molecule has 4 atom stereocenters. The molecule has 2 aromatic heterocycles. The summed E-state index contributed by atoms with van der Waals surface area (Å²) in [5, 5.41) is 25.8. The summed E-state index contributed by atoms with van der Waals surface area (Å²) in [4.78, 5) is 6.04. The molecule has 30 heavy (non-hydrogen) atoms. The van der Waals surface area contributed by atoms with E-state index in [-0.39, 0.29) is 23.9 Å². The van der Waals surface area contributed by atoms with Gasteiger partial charge < -0.3 is 15.3 Å². The van der Waals surface area contributed by atoms with Crippen LogP contribution in [0.25, 0.3) is 16.9 Å². The molecule has 0 aliphatic carbocycles. The minimum absolute atomic E-state index is 0.0644. The van der Waals surface area contributed by atoms with E-state index in [2.05, 4.69) is 25.6 Å². The zero-order chi connectivity index (χ0) is 20.8. The number of benzene rings is 1. The Morgan fingerprint density at radius 3 is 2.80 bits per heavy atom. The Balaban J connectivity index is 1.36. The van der Waals surface area contributed by atoms with Crippen LogP contribution in [0.15, 0.2) is 48.9 Å². The number of fused-ring (bicyclic) bond motifs is 2. The van der Waals surface area contributed by atoms with Gasteiger partial charge in [-0.15, -0.1) is 10.2 Å². The molecule has 5 rings (SSSR count). The summed E-state index contributed by atoms with van der Waals surface area (Å²) in [5.41, 5.74) is 1.29. The fourth-order valence-corrected chi connectivity index (χ4v) is 3.98. The standard InChI is InChI=1S/C20H19F2N7O/c1-28(17-6-12-2-5-15(25-12)19(17)22)20-23-9-16(26-27-20)14-4-3-13(7-18(14)30)29-10-11(21)8-24-29/h2-5,7-10,12,15,17,19,25,30H,6H2,1H3/t12?,15?,17-,19+/m0/s1. The number of nitrogens with zero attached hydrogens (tertiary/aromatic N) is 6. The minimum Gasteiger partial charge on any atom is -0.507 e. The summed E-state index contributed by atoms with van der Waals surface area (Å²) >= 11 is 0. The van der Waals surface area contributed by atoms with Gasteiger partial charge in [0.25, 0.3) is 0 Å². The Hall–Kier alpha value is -3.40. The first-order valence-corrected chi connectivity index (χ1v) is 9.54. The first kappa shape index (κ1) is 18.6. The lowest BCUT2D eigenvalue weighted by Gasteiger charge is -2.38. The van der Waals surface area contributed by atoms with Gasteiger partial charge in [-0.1, -0.05) is 12.2 Å². The molecular formula is C20H19F2N7O. The van der Waals surface area contributed by atoms with Crippen LogP contribution in [0.3, 0.4) is 0 Å². The van der Waals surface area contributed by atoms with Gasteiger partial charge in [-0.2, -0.15) is 5.10 Å². The van der Waals surface area contributed by atoms with E-state index in [1.165, 1.54) is 23.1 Å². The van der Waals surface area contributed by atoms with Crippen LogP contribution in [-0.2, 0) is 0 Å². The Morgan fingerprint density at radius 2 is 2.10 bits per heavy atom. The number of anilines is 1. The van der Waals surface area contributed by atoms with Crippen molar-refractivity contribution in [3.8, 4) is 22.7 Å². The van der Waals surface area contributed by atoms with Crippen molar-refractivity contribution in [2.24, 2.45) is 0 Å². The number of aromatic nitrogens is 5. The highest BCUT2D eigenvalue weighted by molar-refractivity contribution is 5.68. The number of aromatic hydroxyl groups is 1. The summed E-state index contributed by atoms with van der Waals surface area (Å²) in [5.74, 6) is -0.220. The first-order chi connectivity index (χ1) is 14.5. The topological polar surface area (TPSA) is 92.0 Å². The summed E-state index contributed by atoms with van der Waals surface area (Å²) < 4.78 is 29.2. The quantitative estimate of drug-likeness (QED) is 0.635. The van der Waals surface area contributed by atoms with E-state index in [0.29, 0.717) is 29.3 Å². The zero-order valence-electron chi connectivity index (χ0n) is 16.0. The molecule has 1 fully saturated rings. The van der Waals surface area contributed by atoms with Gasteiger partial charge in [-0.3, -0.25) is 0 Å². The summed E-state index contributed by atoms with van der Waals surface area (Å²) in [6, 6.07) is 4.27. The normalized spacial score (nSPS) is 24.9. The smallest absolute Gasteiger partial charge is 0.245 e. The van der Waals surface area contributed by atoms with Crippen LogP contribution in [0.2, 0.25) is 0 Å². The van der Waals surface area contributed by atoms with Crippen molar-refractivity contribution >= 4 is 5.95 Å². The van der Waals surface area contributed by atoms with Crippen molar-refractivity contribution < 1.29 is 13.9 Å². The van der Waals surface area contributed by atoms with Gasteiger partial charge in [-0.05, 0) is 18.6 Å². The van der Waals surface area contributed by atoms with Crippen molar-refractivity contribution in [3.63, 3.8) is 0 Å². The molecule has 2 unspecified atom stereocenters. The Labute approximate surface area is 170 Å². The molecule has 0 radical (unpaired) electrons. The van der Waals surface area contributed by atoms with Crippen LogP contribution in [0.5, 0.6) is 5.75 Å². The van der Waals surface area contributed by atoms with Crippen LogP contribution in [-0.4, -0.2) is 61.4 Å². The number of rotatable bonds is 4. The number of halogens is 2. The molecule has 3 aromatic rings. The van der Waals surface area contributed by atoms with Crippen molar-refractivity contribution in [3.05, 3.63) is 54.8 Å². The molecule has 2 aliphatic rings. The molecule has 0 amide bonds. The molecule has 2 bridgehead atoms. The molecule has 10 heteroatoms. The van der Waals surface area contributed by atoms with Gasteiger partial charge in [0, 0.05) is 24.7 Å². The van der Waals surface area contributed by atoms with Crippen molar-refractivity contribution in [1.82, 2.24) is 30.3 Å². The predicted octanol–water partition coefficient (Wildman–Crippen LogP) is 2.01. The second-order valence-electron chi connectivity index (χ2n) is 7.49. The van der Waals surface area contributed by atoms with Crippen LogP contribution in [0, 0.1) is 5.82 Å². The number of hydrogen-bond acceptors (Lipinski definition) is 7. The van der Waals surface area contributed by atoms with Crippen LogP contribution < -0.4 is 10.2 Å². The van der Waals surface area contributed by atoms with Gasteiger partial charge in [0.05, 0.1) is 36.4 Å². The highest BCUT2D eigenvalue weighted by Crippen LogP contribution is 2.31. The molecular weight excluding hydrogens is 392 g/mol. The lowest BCUT2D eigenvalue weighted by molar-refractivity contribution is 0.186. The molecule has 4 heterocycles. The van der Waals surface area contributed by atoms with E-state index in [4.69, 9.17) is 0 Å². The Kier molecular flexibility index (Phi) is 4.43. The molecule has 1 saturated heterocycles. The third kappa shape index (κ3) is 3.18. The van der Waals surface area contributed by atoms with Gasteiger partial charge in [0.15, 0.2) is 5.82 Å². The number of alkyl halides is 1. The molecule has 0 saturated carbocycles. The van der Waals surface area contributed by atoms with Gasteiger partial charge in [0.2, 0.25) is 5.95 Å². The van der Waals surface area contributed by atoms with Gasteiger partial charge in [-0.25, -0.2) is 18.4 Å². The van der Waals surface area contributed by atoms with E-state index >= 15 is 0 Å². The van der Waals surface area contributed by atoms with Gasteiger partial charge in [0.1, 0.15) is 17.6 Å². The highest BCUT2D eigenvalue weighted by atomic mass is 19.1. The average molecular weight is 411 g/mol. The van der Waals surface area contributed by atoms with Crippen LogP contribution >= 0.6 is 0 Å². The fourth-order valence-electron chi connectivity index (χ4n) is 3.98. The SMILES string of the molecule is CN(c1ncc(-c2ccc(-n3cc(F)cn3)cc2O)nn1)[C@H]1CC2C=CC(N2)[C@H]1F. The number of piperidine rings is 1. The van der Waals surface area contributed by atoms with Gasteiger partial charge >= 0.3 is 0 Å². The maximum absolute atomic E-state index is 14.8. The Bertz CT molecular complexity index is 1100. The minimum atomic E-state index is -1.07. The predicted molar refractivity (Wildman–Crippen MR) is 106 cm³/mol. The molecule has 8 nitrogen and oxygen atoms in total. The van der Waals surface area contributed by atoms with E-state index in [1.54, 1.807) is 24.1 Å². The van der Waals surface area contributed by atoms with E-state index in [0.717, 1.165) is 6.20 Å². The van der Waals surface area contributed by atoms with Crippen LogP contribution in [0.1, 0.15) is 6.42 Å². The third-order valence-electron chi connectivity index (χ3n) is 5.60. The highest BCUT2D eigenvalue weighted by Gasteiger charge is 2.41. The molecule has 2 aliphatic heterocycles. The van der Waals surface area contributed by atoms with E-state index in [9.17, 15) is 13.9 Å². The maximum atomic E-state index is 14.8. The number of hydrogen-bond donors (Lipinski definition) is 2. The maximum Gasteiger partial charge on any atom is 0.245 e. The summed E-state index contributed by atoms with van der Waals surface area (Å²) in [6.07, 6.45) is 7.20.